The van der Waals surface area contributed by atoms with Gasteiger partial charge in [0.1, 0.15) is 6.61 Å². The van der Waals surface area contributed by atoms with Gasteiger partial charge >= 0.3 is 0 Å². The van der Waals surface area contributed by atoms with Crippen LogP contribution in [0.5, 0.6) is 0 Å². The van der Waals surface area contributed by atoms with Crippen LogP contribution in [0.1, 0.15) is 26.3 Å². The van der Waals surface area contributed by atoms with E-state index in [9.17, 15) is 0 Å². The molecule has 0 spiro atoms. The first-order valence-corrected chi connectivity index (χ1v) is 5.58. The van der Waals surface area contributed by atoms with Gasteiger partial charge in [0.25, 0.3) is 0 Å². The SMILES string of the molecule is CC(C)(C)/C=C/C=C\OCc1ccccc1. The Morgan fingerprint density at radius 3 is 2.38 bits per heavy atom. The fraction of sp³-hybridized carbons (Fsp3) is 0.333. The third kappa shape index (κ3) is 6.07. The Kier molecular flexibility index (Phi) is 4.84. The van der Waals surface area contributed by atoms with Crippen LogP contribution in [0.3, 0.4) is 0 Å². The summed E-state index contributed by atoms with van der Waals surface area (Å²) in [5.74, 6) is 0. The average Bonchev–Trinajstić information content (AvgIpc) is 2.23. The van der Waals surface area contributed by atoms with Crippen molar-refractivity contribution < 1.29 is 4.74 Å². The predicted octanol–water partition coefficient (Wildman–Crippen LogP) is 4.32. The van der Waals surface area contributed by atoms with Gasteiger partial charge in [-0.15, -0.1) is 0 Å². The molecule has 0 aliphatic rings. The van der Waals surface area contributed by atoms with E-state index in [0.29, 0.717) is 6.61 Å². The maximum Gasteiger partial charge on any atom is 0.112 e. The van der Waals surface area contributed by atoms with Crippen molar-refractivity contribution in [2.75, 3.05) is 0 Å². The van der Waals surface area contributed by atoms with Crippen LogP contribution in [-0.2, 0) is 11.3 Å². The quantitative estimate of drug-likeness (QED) is 0.538. The van der Waals surface area contributed by atoms with Gasteiger partial charge in [-0.3, -0.25) is 0 Å². The molecule has 1 aromatic carbocycles. The lowest BCUT2D eigenvalue weighted by Crippen LogP contribution is -1.97. The van der Waals surface area contributed by atoms with E-state index in [0.717, 1.165) is 0 Å². The number of ether oxygens (including phenoxy) is 1. The summed E-state index contributed by atoms with van der Waals surface area (Å²) in [4.78, 5) is 0. The predicted molar refractivity (Wildman–Crippen MR) is 69.0 cm³/mol. The molecule has 0 bridgehead atoms. The minimum absolute atomic E-state index is 0.226. The maximum absolute atomic E-state index is 5.40. The van der Waals surface area contributed by atoms with Crippen molar-refractivity contribution in [3.63, 3.8) is 0 Å². The van der Waals surface area contributed by atoms with Gasteiger partial charge in [-0.1, -0.05) is 63.3 Å². The summed E-state index contributed by atoms with van der Waals surface area (Å²) in [7, 11) is 0. The number of rotatable bonds is 4. The van der Waals surface area contributed by atoms with Gasteiger partial charge in [0, 0.05) is 0 Å². The van der Waals surface area contributed by atoms with Crippen molar-refractivity contribution in [2.45, 2.75) is 27.4 Å². The van der Waals surface area contributed by atoms with Crippen LogP contribution in [0.25, 0.3) is 0 Å². The largest absolute Gasteiger partial charge is 0.497 e. The molecular weight excluding hydrogens is 196 g/mol. The molecule has 1 heteroatoms. The van der Waals surface area contributed by atoms with Crippen LogP contribution in [0.15, 0.2) is 54.8 Å². The molecule has 1 aromatic rings. The van der Waals surface area contributed by atoms with E-state index < -0.39 is 0 Å². The zero-order valence-corrected chi connectivity index (χ0v) is 10.3. The Morgan fingerprint density at radius 2 is 1.75 bits per heavy atom. The summed E-state index contributed by atoms with van der Waals surface area (Å²) < 4.78 is 5.40. The van der Waals surface area contributed by atoms with Crippen molar-refractivity contribution in [3.8, 4) is 0 Å². The topological polar surface area (TPSA) is 9.23 Å². The molecule has 0 saturated carbocycles. The van der Waals surface area contributed by atoms with E-state index in [2.05, 4.69) is 39.0 Å². The average molecular weight is 216 g/mol. The Bertz CT molecular complexity index is 341. The van der Waals surface area contributed by atoms with Gasteiger partial charge < -0.3 is 4.74 Å². The number of allylic oxidation sites excluding steroid dienone is 3. The van der Waals surface area contributed by atoms with Crippen molar-refractivity contribution in [1.82, 2.24) is 0 Å². The highest BCUT2D eigenvalue weighted by atomic mass is 16.5. The zero-order valence-electron chi connectivity index (χ0n) is 10.3. The standard InChI is InChI=1S/C15H20O/c1-15(2,3)11-7-8-12-16-13-14-9-5-4-6-10-14/h4-12H,13H2,1-3H3/b11-7+,12-8-. The Labute approximate surface area is 98.5 Å². The van der Waals surface area contributed by atoms with E-state index in [1.807, 2.05) is 30.4 Å². The smallest absolute Gasteiger partial charge is 0.112 e. The van der Waals surface area contributed by atoms with Crippen LogP contribution in [0, 0.1) is 5.41 Å². The normalized spacial score (nSPS) is 12.4. The Hall–Kier alpha value is -1.50. The summed E-state index contributed by atoms with van der Waals surface area (Å²) >= 11 is 0. The van der Waals surface area contributed by atoms with Gasteiger partial charge in [0.05, 0.1) is 6.26 Å². The van der Waals surface area contributed by atoms with Crippen LogP contribution in [0.4, 0.5) is 0 Å². The summed E-state index contributed by atoms with van der Waals surface area (Å²) in [6.45, 7) is 7.13. The fourth-order valence-electron chi connectivity index (χ4n) is 1.16. The van der Waals surface area contributed by atoms with E-state index in [1.165, 1.54) is 5.56 Å². The van der Waals surface area contributed by atoms with Crippen LogP contribution >= 0.6 is 0 Å². The molecule has 1 nitrogen and oxygen atoms in total. The minimum atomic E-state index is 0.226. The molecule has 0 fully saturated rings. The number of hydrogen-bond acceptors (Lipinski definition) is 1. The zero-order chi connectivity index (χ0) is 11.9. The lowest BCUT2D eigenvalue weighted by atomic mass is 9.96. The molecule has 0 heterocycles. The lowest BCUT2D eigenvalue weighted by molar-refractivity contribution is 0.236. The first-order chi connectivity index (χ1) is 7.58. The number of benzene rings is 1. The molecule has 0 aromatic heterocycles. The van der Waals surface area contributed by atoms with Crippen LogP contribution in [0.2, 0.25) is 0 Å². The van der Waals surface area contributed by atoms with Gasteiger partial charge in [-0.2, -0.15) is 0 Å². The second-order valence-corrected chi connectivity index (χ2v) is 4.85. The van der Waals surface area contributed by atoms with E-state index in [4.69, 9.17) is 4.74 Å². The molecular formula is C15H20O. The molecule has 0 atom stereocenters. The Morgan fingerprint density at radius 1 is 1.06 bits per heavy atom. The second kappa shape index (κ2) is 6.16. The van der Waals surface area contributed by atoms with Gasteiger partial charge in [0.15, 0.2) is 0 Å². The van der Waals surface area contributed by atoms with Crippen molar-refractivity contribution in [3.05, 3.63) is 60.4 Å². The van der Waals surface area contributed by atoms with Crippen LogP contribution < -0.4 is 0 Å². The fourth-order valence-corrected chi connectivity index (χ4v) is 1.16. The van der Waals surface area contributed by atoms with Crippen molar-refractivity contribution in [2.24, 2.45) is 5.41 Å². The van der Waals surface area contributed by atoms with Crippen molar-refractivity contribution in [1.29, 1.82) is 0 Å². The molecule has 1 rings (SSSR count). The first-order valence-electron chi connectivity index (χ1n) is 5.58. The molecule has 0 radical (unpaired) electrons. The second-order valence-electron chi connectivity index (χ2n) is 4.85. The van der Waals surface area contributed by atoms with E-state index >= 15 is 0 Å². The number of hydrogen-bond donors (Lipinski definition) is 0. The highest BCUT2D eigenvalue weighted by Gasteiger charge is 2.01. The Balaban J connectivity index is 2.26. The third-order valence-corrected chi connectivity index (χ3v) is 1.97. The van der Waals surface area contributed by atoms with Gasteiger partial charge in [0.2, 0.25) is 0 Å². The first kappa shape index (κ1) is 12.6. The summed E-state index contributed by atoms with van der Waals surface area (Å²) in [6.07, 6.45) is 7.82. The minimum Gasteiger partial charge on any atom is -0.497 e. The summed E-state index contributed by atoms with van der Waals surface area (Å²) in [6, 6.07) is 10.1. The molecule has 0 saturated heterocycles. The summed E-state index contributed by atoms with van der Waals surface area (Å²) in [5, 5.41) is 0. The van der Waals surface area contributed by atoms with E-state index in [-0.39, 0.29) is 5.41 Å². The lowest BCUT2D eigenvalue weighted by Gasteiger charge is -2.09. The van der Waals surface area contributed by atoms with E-state index in [1.54, 1.807) is 6.26 Å². The third-order valence-electron chi connectivity index (χ3n) is 1.97. The monoisotopic (exact) mass is 216 g/mol. The highest BCUT2D eigenvalue weighted by molar-refractivity contribution is 5.13. The molecule has 0 aliphatic carbocycles. The van der Waals surface area contributed by atoms with Crippen molar-refractivity contribution >= 4 is 0 Å². The highest BCUT2D eigenvalue weighted by Crippen LogP contribution is 2.14. The molecule has 16 heavy (non-hydrogen) atoms. The maximum atomic E-state index is 5.40. The molecule has 86 valence electrons. The van der Waals surface area contributed by atoms with Gasteiger partial charge in [-0.05, 0) is 17.1 Å². The summed E-state index contributed by atoms with van der Waals surface area (Å²) in [5.41, 5.74) is 1.41. The van der Waals surface area contributed by atoms with Gasteiger partial charge in [-0.25, -0.2) is 0 Å². The van der Waals surface area contributed by atoms with Crippen LogP contribution in [-0.4, -0.2) is 0 Å². The molecule has 0 unspecified atom stereocenters. The molecule has 0 aliphatic heterocycles. The molecule has 0 amide bonds. The molecule has 0 N–H and O–H groups in total.